The van der Waals surface area contributed by atoms with Crippen LogP contribution in [0.5, 0.6) is 5.75 Å². The minimum atomic E-state index is -0.319. The predicted molar refractivity (Wildman–Crippen MR) is 113 cm³/mol. The first-order chi connectivity index (χ1) is 13.9. The van der Waals surface area contributed by atoms with Gasteiger partial charge in [-0.2, -0.15) is 5.10 Å². The lowest BCUT2D eigenvalue weighted by atomic mass is 9.85. The Bertz CT molecular complexity index is 1040. The van der Waals surface area contributed by atoms with Crippen LogP contribution >= 0.6 is 0 Å². The SMILES string of the molecule is CCCC1(N)CCCN(C(=O)c2cc(-c3ccc(O)cc3)nc3[nH]nc(C)c23)C1. The van der Waals surface area contributed by atoms with E-state index in [1.807, 2.05) is 17.9 Å². The summed E-state index contributed by atoms with van der Waals surface area (Å²) in [5.74, 6) is 0.152. The quantitative estimate of drug-likeness (QED) is 0.630. The van der Waals surface area contributed by atoms with E-state index in [-0.39, 0.29) is 17.2 Å². The molecule has 1 unspecified atom stereocenters. The second kappa shape index (κ2) is 7.48. The van der Waals surface area contributed by atoms with E-state index in [1.165, 1.54) is 0 Å². The number of likely N-dealkylation sites (tertiary alicyclic amines) is 1. The molecule has 0 aliphatic carbocycles. The summed E-state index contributed by atoms with van der Waals surface area (Å²) in [7, 11) is 0. The molecule has 7 heteroatoms. The first-order valence-electron chi connectivity index (χ1n) is 10.1. The second-order valence-corrected chi connectivity index (χ2v) is 8.08. The van der Waals surface area contributed by atoms with Crippen LogP contribution in [0.2, 0.25) is 0 Å². The Hall–Kier alpha value is -2.93. The van der Waals surface area contributed by atoms with Crippen LogP contribution in [-0.4, -0.2) is 49.7 Å². The summed E-state index contributed by atoms with van der Waals surface area (Å²) >= 11 is 0. The summed E-state index contributed by atoms with van der Waals surface area (Å²) in [6.07, 6.45) is 3.77. The molecule has 1 aliphatic rings. The van der Waals surface area contributed by atoms with Crippen molar-refractivity contribution >= 4 is 16.9 Å². The third kappa shape index (κ3) is 3.70. The van der Waals surface area contributed by atoms with Crippen molar-refractivity contribution in [3.8, 4) is 17.0 Å². The first-order valence-corrected chi connectivity index (χ1v) is 10.1. The normalized spacial score (nSPS) is 19.6. The Kier molecular flexibility index (Phi) is 5.00. The first kappa shape index (κ1) is 19.4. The Morgan fingerprint density at radius 1 is 1.34 bits per heavy atom. The third-order valence-electron chi connectivity index (χ3n) is 5.75. The van der Waals surface area contributed by atoms with E-state index in [0.29, 0.717) is 30.0 Å². The number of hydrogen-bond donors (Lipinski definition) is 3. The number of fused-ring (bicyclic) bond motifs is 1. The molecule has 0 radical (unpaired) electrons. The second-order valence-electron chi connectivity index (χ2n) is 8.08. The fourth-order valence-electron chi connectivity index (χ4n) is 4.34. The van der Waals surface area contributed by atoms with Gasteiger partial charge in [0.1, 0.15) is 5.75 Å². The molecular formula is C22H27N5O2. The summed E-state index contributed by atoms with van der Waals surface area (Å²) < 4.78 is 0. The predicted octanol–water partition coefficient (Wildman–Crippen LogP) is 3.37. The summed E-state index contributed by atoms with van der Waals surface area (Å²) in [6.45, 7) is 5.27. The lowest BCUT2D eigenvalue weighted by Gasteiger charge is -2.40. The monoisotopic (exact) mass is 393 g/mol. The molecule has 29 heavy (non-hydrogen) atoms. The third-order valence-corrected chi connectivity index (χ3v) is 5.75. The van der Waals surface area contributed by atoms with E-state index >= 15 is 0 Å². The molecule has 1 fully saturated rings. The number of nitrogens with zero attached hydrogens (tertiary/aromatic N) is 3. The molecule has 1 aromatic carbocycles. The van der Waals surface area contributed by atoms with Crippen molar-refractivity contribution in [3.63, 3.8) is 0 Å². The van der Waals surface area contributed by atoms with Crippen molar-refractivity contribution < 1.29 is 9.90 Å². The summed E-state index contributed by atoms with van der Waals surface area (Å²) in [5.41, 5.74) is 9.67. The fraction of sp³-hybridized carbons (Fsp3) is 0.409. The van der Waals surface area contributed by atoms with Crippen LogP contribution in [0.1, 0.15) is 48.7 Å². The van der Waals surface area contributed by atoms with Gasteiger partial charge in [-0.1, -0.05) is 13.3 Å². The van der Waals surface area contributed by atoms with Crippen molar-refractivity contribution in [2.75, 3.05) is 13.1 Å². The minimum absolute atomic E-state index is 0.0347. The minimum Gasteiger partial charge on any atom is -0.508 e. The Labute approximate surface area is 169 Å². The molecule has 0 spiro atoms. The number of hydrogen-bond acceptors (Lipinski definition) is 5. The van der Waals surface area contributed by atoms with Gasteiger partial charge in [0.2, 0.25) is 0 Å². The highest BCUT2D eigenvalue weighted by Crippen LogP contribution is 2.30. The van der Waals surface area contributed by atoms with Gasteiger partial charge in [-0.05, 0) is 56.5 Å². The van der Waals surface area contributed by atoms with E-state index in [9.17, 15) is 9.90 Å². The number of benzene rings is 1. The number of aromatic amines is 1. The number of carbonyl (C=O) groups is 1. The van der Waals surface area contributed by atoms with Gasteiger partial charge in [0, 0.05) is 24.2 Å². The van der Waals surface area contributed by atoms with Crippen molar-refractivity contribution in [1.29, 1.82) is 0 Å². The van der Waals surface area contributed by atoms with Crippen LogP contribution in [-0.2, 0) is 0 Å². The van der Waals surface area contributed by atoms with Crippen LogP contribution in [0.15, 0.2) is 30.3 Å². The highest BCUT2D eigenvalue weighted by Gasteiger charge is 2.34. The van der Waals surface area contributed by atoms with Crippen LogP contribution in [0, 0.1) is 6.92 Å². The van der Waals surface area contributed by atoms with Crippen molar-refractivity contribution in [1.82, 2.24) is 20.1 Å². The van der Waals surface area contributed by atoms with E-state index in [1.54, 1.807) is 24.3 Å². The maximum Gasteiger partial charge on any atom is 0.254 e. The molecule has 0 saturated carbocycles. The number of phenols is 1. The standard InChI is InChI=1S/C22H27N5O2/c1-3-9-22(23)10-4-11-27(13-22)21(29)17-12-18(15-5-7-16(28)8-6-15)24-20-19(17)14(2)25-26-20/h5-8,12,28H,3-4,9-11,13,23H2,1-2H3,(H,24,25,26). The fourth-order valence-corrected chi connectivity index (χ4v) is 4.34. The number of phenolic OH excluding ortho intramolecular Hbond substituents is 1. The molecule has 1 amide bonds. The van der Waals surface area contributed by atoms with E-state index < -0.39 is 0 Å². The number of pyridine rings is 1. The molecule has 4 rings (SSSR count). The number of aryl methyl sites for hydroxylation is 1. The zero-order chi connectivity index (χ0) is 20.6. The maximum atomic E-state index is 13.6. The summed E-state index contributed by atoms with van der Waals surface area (Å²) in [5, 5.41) is 17.5. The molecule has 152 valence electrons. The van der Waals surface area contributed by atoms with E-state index in [0.717, 1.165) is 42.3 Å². The van der Waals surface area contributed by atoms with Crippen molar-refractivity contribution in [2.45, 2.75) is 45.1 Å². The van der Waals surface area contributed by atoms with Gasteiger partial charge in [0.05, 0.1) is 22.3 Å². The van der Waals surface area contributed by atoms with Gasteiger partial charge in [-0.3, -0.25) is 9.89 Å². The molecule has 0 bridgehead atoms. The number of carbonyl (C=O) groups excluding carboxylic acids is 1. The van der Waals surface area contributed by atoms with Crippen LogP contribution in [0.4, 0.5) is 0 Å². The summed E-state index contributed by atoms with van der Waals surface area (Å²) in [6, 6.07) is 8.62. The number of piperidine rings is 1. The van der Waals surface area contributed by atoms with E-state index in [2.05, 4.69) is 22.1 Å². The number of H-pyrrole nitrogens is 1. The average molecular weight is 393 g/mol. The molecule has 7 nitrogen and oxygen atoms in total. The Morgan fingerprint density at radius 2 is 2.10 bits per heavy atom. The number of nitrogens with one attached hydrogen (secondary N) is 1. The number of rotatable bonds is 4. The average Bonchev–Trinajstić information content (AvgIpc) is 3.08. The lowest BCUT2D eigenvalue weighted by molar-refractivity contribution is 0.0635. The molecule has 3 aromatic rings. The number of nitrogens with two attached hydrogens (primary N) is 1. The topological polar surface area (TPSA) is 108 Å². The van der Waals surface area contributed by atoms with Gasteiger partial charge in [0.25, 0.3) is 5.91 Å². The van der Waals surface area contributed by atoms with Crippen LogP contribution in [0.25, 0.3) is 22.3 Å². The smallest absolute Gasteiger partial charge is 0.254 e. The zero-order valence-electron chi connectivity index (χ0n) is 16.9. The van der Waals surface area contributed by atoms with Gasteiger partial charge in [-0.15, -0.1) is 0 Å². The molecule has 1 saturated heterocycles. The van der Waals surface area contributed by atoms with Gasteiger partial charge >= 0.3 is 0 Å². The molecule has 3 heterocycles. The maximum absolute atomic E-state index is 13.6. The van der Waals surface area contributed by atoms with Crippen LogP contribution in [0.3, 0.4) is 0 Å². The Balaban J connectivity index is 1.76. The molecule has 2 aromatic heterocycles. The van der Waals surface area contributed by atoms with Gasteiger partial charge in [-0.25, -0.2) is 4.98 Å². The highest BCUT2D eigenvalue weighted by molar-refractivity contribution is 6.07. The van der Waals surface area contributed by atoms with Crippen molar-refractivity contribution in [2.24, 2.45) is 5.73 Å². The van der Waals surface area contributed by atoms with Crippen molar-refractivity contribution in [3.05, 3.63) is 41.6 Å². The molecule has 1 aliphatic heterocycles. The molecule has 4 N–H and O–H groups in total. The number of aromatic nitrogens is 3. The lowest BCUT2D eigenvalue weighted by Crippen LogP contribution is -2.55. The number of aromatic hydroxyl groups is 1. The summed E-state index contributed by atoms with van der Waals surface area (Å²) in [4.78, 5) is 20.1. The zero-order valence-corrected chi connectivity index (χ0v) is 16.9. The molecule has 1 atom stereocenters. The molecular weight excluding hydrogens is 366 g/mol. The number of amides is 1. The van der Waals surface area contributed by atoms with Crippen LogP contribution < -0.4 is 5.73 Å². The van der Waals surface area contributed by atoms with Gasteiger partial charge in [0.15, 0.2) is 5.65 Å². The largest absolute Gasteiger partial charge is 0.508 e. The highest BCUT2D eigenvalue weighted by atomic mass is 16.3. The van der Waals surface area contributed by atoms with Gasteiger partial charge < -0.3 is 15.7 Å². The van der Waals surface area contributed by atoms with E-state index in [4.69, 9.17) is 5.73 Å². The Morgan fingerprint density at radius 3 is 2.83 bits per heavy atom.